The minimum atomic E-state index is -0.166. The van der Waals surface area contributed by atoms with Crippen LogP contribution < -0.4 is 11.1 Å². The average molecular weight is 171 g/mol. The number of hydrogen-bond acceptors (Lipinski definition) is 3. The van der Waals surface area contributed by atoms with Crippen LogP contribution in [-0.4, -0.2) is 42.5 Å². The highest BCUT2D eigenvalue weighted by atomic mass is 16.2. The summed E-state index contributed by atoms with van der Waals surface area (Å²) in [5.41, 5.74) is 5.45. The number of nitrogens with one attached hydrogen (secondary N) is 1. The molecular formula is C8H17N3O. The Morgan fingerprint density at radius 3 is 2.92 bits per heavy atom. The molecule has 0 aliphatic carbocycles. The first-order valence-corrected chi connectivity index (χ1v) is 4.40. The number of carbonyl (C=O) groups excluding carboxylic acids is 1. The van der Waals surface area contributed by atoms with Crippen molar-refractivity contribution >= 4 is 5.91 Å². The van der Waals surface area contributed by atoms with Gasteiger partial charge in [0.25, 0.3) is 0 Å². The smallest absolute Gasteiger partial charge is 0.241 e. The number of nitrogens with zero attached hydrogens (tertiary/aromatic N) is 1. The SMILES string of the molecule is CC(C)N1CCNC(CN)C1=O. The van der Waals surface area contributed by atoms with Crippen LogP contribution in [0.3, 0.4) is 0 Å². The molecule has 1 rings (SSSR count). The van der Waals surface area contributed by atoms with Gasteiger partial charge in [0.15, 0.2) is 0 Å². The third-order valence-corrected chi connectivity index (χ3v) is 2.18. The average Bonchev–Trinajstić information content (AvgIpc) is 2.04. The Kier molecular flexibility index (Phi) is 3.05. The van der Waals surface area contributed by atoms with Crippen molar-refractivity contribution in [2.75, 3.05) is 19.6 Å². The molecule has 1 aliphatic rings. The van der Waals surface area contributed by atoms with E-state index in [1.807, 2.05) is 18.7 Å². The lowest BCUT2D eigenvalue weighted by atomic mass is 10.1. The molecule has 1 unspecified atom stereocenters. The van der Waals surface area contributed by atoms with Crippen LogP contribution in [-0.2, 0) is 4.79 Å². The molecule has 12 heavy (non-hydrogen) atoms. The van der Waals surface area contributed by atoms with E-state index < -0.39 is 0 Å². The van der Waals surface area contributed by atoms with Crippen LogP contribution in [0, 0.1) is 0 Å². The van der Waals surface area contributed by atoms with Crippen molar-refractivity contribution in [3.8, 4) is 0 Å². The minimum absolute atomic E-state index is 0.138. The summed E-state index contributed by atoms with van der Waals surface area (Å²) in [6.07, 6.45) is 0. The van der Waals surface area contributed by atoms with E-state index in [0.29, 0.717) is 6.54 Å². The molecule has 1 amide bonds. The monoisotopic (exact) mass is 171 g/mol. The lowest BCUT2D eigenvalue weighted by Gasteiger charge is -2.35. The van der Waals surface area contributed by atoms with Gasteiger partial charge in [-0.2, -0.15) is 0 Å². The molecule has 1 aliphatic heterocycles. The molecular weight excluding hydrogens is 154 g/mol. The Hall–Kier alpha value is -0.610. The number of hydrogen-bond donors (Lipinski definition) is 2. The lowest BCUT2D eigenvalue weighted by Crippen LogP contribution is -2.59. The number of nitrogens with two attached hydrogens (primary N) is 1. The first kappa shape index (κ1) is 9.48. The lowest BCUT2D eigenvalue weighted by molar-refractivity contribution is -0.137. The van der Waals surface area contributed by atoms with Gasteiger partial charge >= 0.3 is 0 Å². The molecule has 4 heteroatoms. The number of rotatable bonds is 2. The molecule has 70 valence electrons. The van der Waals surface area contributed by atoms with Crippen molar-refractivity contribution in [1.29, 1.82) is 0 Å². The standard InChI is InChI=1S/C8H17N3O/c1-6(2)11-4-3-10-7(5-9)8(11)12/h6-7,10H,3-5,9H2,1-2H3. The van der Waals surface area contributed by atoms with Gasteiger partial charge in [0, 0.05) is 25.7 Å². The summed E-state index contributed by atoms with van der Waals surface area (Å²) in [7, 11) is 0. The molecule has 1 heterocycles. The molecule has 1 saturated heterocycles. The van der Waals surface area contributed by atoms with Gasteiger partial charge in [0.2, 0.25) is 5.91 Å². The molecule has 4 nitrogen and oxygen atoms in total. The molecule has 0 saturated carbocycles. The van der Waals surface area contributed by atoms with Crippen LogP contribution in [0.2, 0.25) is 0 Å². The van der Waals surface area contributed by atoms with Gasteiger partial charge in [-0.05, 0) is 13.8 Å². The van der Waals surface area contributed by atoms with Crippen molar-refractivity contribution in [3.63, 3.8) is 0 Å². The van der Waals surface area contributed by atoms with Gasteiger partial charge in [-0.15, -0.1) is 0 Å². The largest absolute Gasteiger partial charge is 0.338 e. The van der Waals surface area contributed by atoms with Gasteiger partial charge in [0.1, 0.15) is 0 Å². The van der Waals surface area contributed by atoms with Crippen molar-refractivity contribution in [2.45, 2.75) is 25.9 Å². The van der Waals surface area contributed by atoms with E-state index in [1.54, 1.807) is 0 Å². The maximum atomic E-state index is 11.6. The minimum Gasteiger partial charge on any atom is -0.338 e. The van der Waals surface area contributed by atoms with Gasteiger partial charge < -0.3 is 16.0 Å². The Morgan fingerprint density at radius 2 is 2.42 bits per heavy atom. The van der Waals surface area contributed by atoms with E-state index in [4.69, 9.17) is 5.73 Å². The predicted molar refractivity (Wildman–Crippen MR) is 47.7 cm³/mol. The fourth-order valence-corrected chi connectivity index (χ4v) is 1.45. The van der Waals surface area contributed by atoms with E-state index in [1.165, 1.54) is 0 Å². The van der Waals surface area contributed by atoms with Gasteiger partial charge in [-0.25, -0.2) is 0 Å². The Balaban J connectivity index is 2.59. The van der Waals surface area contributed by atoms with Crippen LogP contribution in [0.5, 0.6) is 0 Å². The predicted octanol–water partition coefficient (Wildman–Crippen LogP) is -0.846. The van der Waals surface area contributed by atoms with E-state index in [-0.39, 0.29) is 18.0 Å². The van der Waals surface area contributed by atoms with E-state index >= 15 is 0 Å². The zero-order chi connectivity index (χ0) is 9.14. The van der Waals surface area contributed by atoms with Gasteiger partial charge in [-0.1, -0.05) is 0 Å². The second kappa shape index (κ2) is 3.87. The number of piperazine rings is 1. The maximum absolute atomic E-state index is 11.6. The first-order valence-electron chi connectivity index (χ1n) is 4.40. The van der Waals surface area contributed by atoms with Gasteiger partial charge in [0.05, 0.1) is 6.04 Å². The second-order valence-corrected chi connectivity index (χ2v) is 3.37. The fraction of sp³-hybridized carbons (Fsp3) is 0.875. The topological polar surface area (TPSA) is 58.4 Å². The van der Waals surface area contributed by atoms with Crippen LogP contribution in [0.1, 0.15) is 13.8 Å². The Bertz CT molecular complexity index is 170. The van der Waals surface area contributed by atoms with Gasteiger partial charge in [-0.3, -0.25) is 4.79 Å². The summed E-state index contributed by atoms with van der Waals surface area (Å²) in [5.74, 6) is 0.138. The first-order chi connectivity index (χ1) is 5.66. The van der Waals surface area contributed by atoms with E-state index in [2.05, 4.69) is 5.32 Å². The van der Waals surface area contributed by atoms with Crippen molar-refractivity contribution in [3.05, 3.63) is 0 Å². The molecule has 3 N–H and O–H groups in total. The summed E-state index contributed by atoms with van der Waals surface area (Å²) in [5, 5.41) is 3.09. The molecule has 0 bridgehead atoms. The maximum Gasteiger partial charge on any atom is 0.241 e. The molecule has 1 atom stereocenters. The van der Waals surface area contributed by atoms with Crippen LogP contribution in [0.4, 0.5) is 0 Å². The summed E-state index contributed by atoms with van der Waals surface area (Å²) >= 11 is 0. The highest BCUT2D eigenvalue weighted by Crippen LogP contribution is 2.04. The van der Waals surface area contributed by atoms with E-state index in [9.17, 15) is 4.79 Å². The molecule has 0 aromatic rings. The molecule has 0 aromatic carbocycles. The Labute approximate surface area is 73.1 Å². The highest BCUT2D eigenvalue weighted by Gasteiger charge is 2.28. The van der Waals surface area contributed by atoms with Crippen LogP contribution in [0.25, 0.3) is 0 Å². The molecule has 0 radical (unpaired) electrons. The third-order valence-electron chi connectivity index (χ3n) is 2.18. The normalized spacial score (nSPS) is 25.2. The van der Waals surface area contributed by atoms with Crippen LogP contribution in [0.15, 0.2) is 0 Å². The Morgan fingerprint density at radius 1 is 1.75 bits per heavy atom. The highest BCUT2D eigenvalue weighted by molar-refractivity contribution is 5.83. The van der Waals surface area contributed by atoms with Crippen molar-refractivity contribution < 1.29 is 4.79 Å². The summed E-state index contributed by atoms with van der Waals surface area (Å²) in [6, 6.07) is 0.120. The summed E-state index contributed by atoms with van der Waals surface area (Å²) in [4.78, 5) is 13.5. The number of amides is 1. The fourth-order valence-electron chi connectivity index (χ4n) is 1.45. The zero-order valence-electron chi connectivity index (χ0n) is 7.71. The van der Waals surface area contributed by atoms with Crippen LogP contribution >= 0.6 is 0 Å². The van der Waals surface area contributed by atoms with Crippen molar-refractivity contribution in [1.82, 2.24) is 10.2 Å². The molecule has 1 fully saturated rings. The molecule has 0 aromatic heterocycles. The molecule has 0 spiro atoms. The summed E-state index contributed by atoms with van der Waals surface area (Å²) < 4.78 is 0. The number of carbonyl (C=O) groups is 1. The second-order valence-electron chi connectivity index (χ2n) is 3.37. The summed E-state index contributed by atoms with van der Waals surface area (Å²) in [6.45, 7) is 6.09. The van der Waals surface area contributed by atoms with Crippen molar-refractivity contribution in [2.24, 2.45) is 5.73 Å². The van der Waals surface area contributed by atoms with E-state index in [0.717, 1.165) is 13.1 Å². The third kappa shape index (κ3) is 1.76. The zero-order valence-corrected chi connectivity index (χ0v) is 7.71. The quantitative estimate of drug-likeness (QED) is 0.569.